The third-order valence-corrected chi connectivity index (χ3v) is 5.07. The second-order valence-corrected chi connectivity index (χ2v) is 6.67. The highest BCUT2D eigenvalue weighted by Gasteiger charge is 2.17. The van der Waals surface area contributed by atoms with Crippen LogP contribution in [0.3, 0.4) is 0 Å². The van der Waals surface area contributed by atoms with Crippen LogP contribution in [0.15, 0.2) is 49.1 Å². The first kappa shape index (κ1) is 17.3. The van der Waals surface area contributed by atoms with Gasteiger partial charge in [-0.3, -0.25) is 5.10 Å². The molecule has 0 aliphatic heterocycles. The third-order valence-electron chi connectivity index (χ3n) is 5.07. The quantitative estimate of drug-likeness (QED) is 0.499. The zero-order valence-corrected chi connectivity index (χ0v) is 15.8. The summed E-state index contributed by atoms with van der Waals surface area (Å²) < 4.78 is 22.3. The lowest BCUT2D eigenvalue weighted by Crippen LogP contribution is -1.96. The number of ether oxygens (including phenoxy) is 1. The average Bonchev–Trinajstić information content (AvgIpc) is 3.39. The topological polar surface area (TPSA) is 81.5 Å². The number of nitrogens with zero attached hydrogens (tertiary/aromatic N) is 5. The molecule has 2 aromatic carbocycles. The van der Waals surface area contributed by atoms with Gasteiger partial charge in [0.1, 0.15) is 17.1 Å². The number of halogens is 1. The van der Waals surface area contributed by atoms with Gasteiger partial charge in [0.2, 0.25) is 0 Å². The SMILES string of the molecule is CCn1cnc2c(-c3ccc(F)c(-c4cc5cn[nH]c5cc4OC)c3)cnnc21. The van der Waals surface area contributed by atoms with Gasteiger partial charge < -0.3 is 9.30 Å². The van der Waals surface area contributed by atoms with Gasteiger partial charge in [-0.1, -0.05) is 6.07 Å². The van der Waals surface area contributed by atoms with Crippen LogP contribution in [0.1, 0.15) is 6.92 Å². The normalized spacial score (nSPS) is 11.4. The standard InChI is InChI=1S/C21H17FN6O/c1-3-28-11-23-20-16(10-25-27-21(20)28)12-4-5-17(22)14(6-12)15-7-13-9-24-26-18(13)8-19(15)29-2/h4-11H,3H2,1-2H3,(H,24,26). The van der Waals surface area contributed by atoms with Crippen LogP contribution in [0.4, 0.5) is 4.39 Å². The van der Waals surface area contributed by atoms with E-state index in [0.717, 1.165) is 34.1 Å². The lowest BCUT2D eigenvalue weighted by Gasteiger charge is -2.12. The van der Waals surface area contributed by atoms with Gasteiger partial charge in [0.25, 0.3) is 0 Å². The van der Waals surface area contributed by atoms with E-state index in [1.165, 1.54) is 6.07 Å². The molecule has 0 fully saturated rings. The number of rotatable bonds is 4. The molecule has 0 bridgehead atoms. The van der Waals surface area contributed by atoms with E-state index in [-0.39, 0.29) is 5.82 Å². The largest absolute Gasteiger partial charge is 0.496 e. The predicted molar refractivity (Wildman–Crippen MR) is 108 cm³/mol. The molecule has 0 unspecified atom stereocenters. The molecule has 3 aromatic heterocycles. The van der Waals surface area contributed by atoms with Crippen molar-refractivity contribution in [3.05, 3.63) is 54.9 Å². The Morgan fingerprint density at radius 2 is 2.00 bits per heavy atom. The zero-order valence-electron chi connectivity index (χ0n) is 15.8. The van der Waals surface area contributed by atoms with Crippen molar-refractivity contribution in [1.82, 2.24) is 29.9 Å². The Hall–Kier alpha value is -3.81. The molecule has 5 aromatic rings. The molecule has 144 valence electrons. The van der Waals surface area contributed by atoms with E-state index >= 15 is 0 Å². The molecular formula is C21H17FN6O. The number of hydrogen-bond acceptors (Lipinski definition) is 5. The smallest absolute Gasteiger partial charge is 0.183 e. The minimum Gasteiger partial charge on any atom is -0.496 e. The highest BCUT2D eigenvalue weighted by Crippen LogP contribution is 2.37. The summed E-state index contributed by atoms with van der Waals surface area (Å²) in [5.41, 5.74) is 4.95. The fourth-order valence-corrected chi connectivity index (χ4v) is 3.57. The molecule has 1 N–H and O–H groups in total. The van der Waals surface area contributed by atoms with Gasteiger partial charge in [-0.25, -0.2) is 9.37 Å². The molecule has 0 aliphatic carbocycles. The molecule has 0 spiro atoms. The van der Waals surface area contributed by atoms with E-state index in [4.69, 9.17) is 4.74 Å². The van der Waals surface area contributed by atoms with Crippen LogP contribution in [-0.2, 0) is 6.54 Å². The highest BCUT2D eigenvalue weighted by molar-refractivity contribution is 5.92. The van der Waals surface area contributed by atoms with Crippen molar-refractivity contribution < 1.29 is 9.13 Å². The van der Waals surface area contributed by atoms with E-state index in [0.29, 0.717) is 22.5 Å². The van der Waals surface area contributed by atoms with Crippen molar-refractivity contribution >= 4 is 22.1 Å². The molecule has 0 aliphatic rings. The van der Waals surface area contributed by atoms with Crippen LogP contribution in [0, 0.1) is 5.82 Å². The Labute approximate surface area is 165 Å². The van der Waals surface area contributed by atoms with E-state index in [9.17, 15) is 4.39 Å². The summed E-state index contributed by atoms with van der Waals surface area (Å²) in [5, 5.41) is 16.1. The van der Waals surface area contributed by atoms with Gasteiger partial charge >= 0.3 is 0 Å². The van der Waals surface area contributed by atoms with Crippen molar-refractivity contribution in [2.45, 2.75) is 13.5 Å². The van der Waals surface area contributed by atoms with Crippen molar-refractivity contribution in [1.29, 1.82) is 0 Å². The number of fused-ring (bicyclic) bond motifs is 2. The first-order chi connectivity index (χ1) is 14.2. The fraction of sp³-hybridized carbons (Fsp3) is 0.143. The minimum absolute atomic E-state index is 0.341. The molecule has 7 nitrogen and oxygen atoms in total. The van der Waals surface area contributed by atoms with Gasteiger partial charge in [-0.05, 0) is 30.7 Å². The molecule has 0 saturated heterocycles. The van der Waals surface area contributed by atoms with Crippen LogP contribution >= 0.6 is 0 Å². The number of H-pyrrole nitrogens is 1. The Kier molecular flexibility index (Phi) is 3.97. The number of imidazole rings is 1. The first-order valence-electron chi connectivity index (χ1n) is 9.17. The Morgan fingerprint density at radius 1 is 1.10 bits per heavy atom. The third kappa shape index (κ3) is 2.72. The minimum atomic E-state index is -0.341. The number of hydrogen-bond donors (Lipinski definition) is 1. The first-order valence-corrected chi connectivity index (χ1v) is 9.17. The molecular weight excluding hydrogens is 371 g/mol. The summed E-state index contributed by atoms with van der Waals surface area (Å²) in [5.74, 6) is 0.221. The molecule has 5 rings (SSSR count). The monoisotopic (exact) mass is 388 g/mol. The van der Waals surface area contributed by atoms with Crippen LogP contribution < -0.4 is 4.74 Å². The summed E-state index contributed by atoms with van der Waals surface area (Å²) in [7, 11) is 1.57. The summed E-state index contributed by atoms with van der Waals surface area (Å²) in [6, 6.07) is 8.65. The number of aromatic nitrogens is 6. The molecule has 3 heterocycles. The van der Waals surface area contributed by atoms with E-state index in [2.05, 4.69) is 25.4 Å². The molecule has 0 saturated carbocycles. The van der Waals surface area contributed by atoms with Gasteiger partial charge in [-0.15, -0.1) is 5.10 Å². The van der Waals surface area contributed by atoms with Crippen molar-refractivity contribution in [3.8, 4) is 28.0 Å². The Morgan fingerprint density at radius 3 is 2.83 bits per heavy atom. The molecule has 8 heteroatoms. The van der Waals surface area contributed by atoms with Gasteiger partial charge in [0.15, 0.2) is 5.65 Å². The predicted octanol–water partition coefficient (Wildman–Crippen LogP) is 4.20. The number of aryl methyl sites for hydroxylation is 1. The summed E-state index contributed by atoms with van der Waals surface area (Å²) in [6.07, 6.45) is 5.10. The molecule has 0 amide bonds. The number of nitrogens with one attached hydrogen (secondary N) is 1. The van der Waals surface area contributed by atoms with Crippen molar-refractivity contribution in [3.63, 3.8) is 0 Å². The number of aromatic amines is 1. The lowest BCUT2D eigenvalue weighted by atomic mass is 9.97. The van der Waals surface area contributed by atoms with E-state index in [1.54, 1.807) is 38.0 Å². The zero-order chi connectivity index (χ0) is 20.0. The highest BCUT2D eigenvalue weighted by atomic mass is 19.1. The maximum Gasteiger partial charge on any atom is 0.183 e. The van der Waals surface area contributed by atoms with Crippen molar-refractivity contribution in [2.24, 2.45) is 0 Å². The van der Waals surface area contributed by atoms with Gasteiger partial charge in [0.05, 0.1) is 31.3 Å². The summed E-state index contributed by atoms with van der Waals surface area (Å²) >= 11 is 0. The maximum atomic E-state index is 14.9. The number of methoxy groups -OCH3 is 1. The van der Waals surface area contributed by atoms with Crippen LogP contribution in [-0.4, -0.2) is 37.1 Å². The average molecular weight is 388 g/mol. The second kappa shape index (κ2) is 6.66. The molecule has 0 radical (unpaired) electrons. The molecule has 29 heavy (non-hydrogen) atoms. The van der Waals surface area contributed by atoms with Gasteiger partial charge in [0, 0.05) is 34.7 Å². The molecule has 0 atom stereocenters. The maximum absolute atomic E-state index is 14.9. The van der Waals surface area contributed by atoms with Crippen LogP contribution in [0.5, 0.6) is 5.75 Å². The Bertz CT molecular complexity index is 1360. The lowest BCUT2D eigenvalue weighted by molar-refractivity contribution is 0.416. The number of benzene rings is 2. The van der Waals surface area contributed by atoms with Gasteiger partial charge in [-0.2, -0.15) is 10.2 Å². The summed E-state index contributed by atoms with van der Waals surface area (Å²) in [6.45, 7) is 2.76. The van der Waals surface area contributed by atoms with Crippen LogP contribution in [0.25, 0.3) is 44.3 Å². The van der Waals surface area contributed by atoms with Crippen LogP contribution in [0.2, 0.25) is 0 Å². The second-order valence-electron chi connectivity index (χ2n) is 6.67. The van der Waals surface area contributed by atoms with E-state index in [1.807, 2.05) is 23.6 Å². The van der Waals surface area contributed by atoms with Crippen molar-refractivity contribution in [2.75, 3.05) is 7.11 Å². The fourth-order valence-electron chi connectivity index (χ4n) is 3.57. The van der Waals surface area contributed by atoms with E-state index < -0.39 is 0 Å². The Balaban J connectivity index is 1.72. The summed E-state index contributed by atoms with van der Waals surface area (Å²) in [4.78, 5) is 4.49.